The van der Waals surface area contributed by atoms with Gasteiger partial charge in [-0.1, -0.05) is 49.6 Å². The summed E-state index contributed by atoms with van der Waals surface area (Å²) in [5.74, 6) is -0.672. The molecule has 1 saturated carbocycles. The van der Waals surface area contributed by atoms with Crippen molar-refractivity contribution in [2.24, 2.45) is 0 Å². The topological polar surface area (TPSA) is 67.2 Å². The van der Waals surface area contributed by atoms with Crippen molar-refractivity contribution in [3.63, 3.8) is 0 Å². The molecule has 5 rings (SSSR count). The molecule has 166 valence electrons. The first-order valence-electron chi connectivity index (χ1n) is 11.3. The average Bonchev–Trinajstić information content (AvgIpc) is 3.17. The van der Waals surface area contributed by atoms with Gasteiger partial charge in [0.1, 0.15) is 11.4 Å². The van der Waals surface area contributed by atoms with Gasteiger partial charge in [0, 0.05) is 11.6 Å². The Hall–Kier alpha value is -3.22. The zero-order chi connectivity index (χ0) is 22.3. The fraction of sp³-hybridized carbons (Fsp3) is 0.400. The molecule has 1 aromatic heterocycles. The molecule has 1 aliphatic carbocycles. The van der Waals surface area contributed by atoms with E-state index in [9.17, 15) is 14.0 Å². The lowest BCUT2D eigenvalue weighted by atomic mass is 9.91. The molecule has 0 radical (unpaired) electrons. The zero-order valence-electron chi connectivity index (χ0n) is 18.2. The number of rotatable bonds is 4. The summed E-state index contributed by atoms with van der Waals surface area (Å²) in [7, 11) is 0. The van der Waals surface area contributed by atoms with Gasteiger partial charge in [-0.15, -0.1) is 0 Å². The standard InChI is InChI=1S/C25H27FN4O2/c1-25(24(32)27-18-10-3-2-4-11-18)16-29-21-14-8-7-13-20(21)28-22(29)23(31)30(25)15-17-9-5-6-12-19(17)26/h5-9,12-14,18H,2-4,10-11,15-16H2,1H3,(H,27,32)/t25-/m1/s1. The zero-order valence-corrected chi connectivity index (χ0v) is 18.2. The van der Waals surface area contributed by atoms with Gasteiger partial charge in [-0.25, -0.2) is 9.37 Å². The maximum atomic E-state index is 14.5. The molecule has 2 aliphatic rings. The number of aromatic nitrogens is 2. The highest BCUT2D eigenvalue weighted by Gasteiger charge is 2.49. The van der Waals surface area contributed by atoms with Crippen LogP contribution in [0.5, 0.6) is 0 Å². The van der Waals surface area contributed by atoms with Crippen molar-refractivity contribution in [2.75, 3.05) is 0 Å². The fourth-order valence-electron chi connectivity index (χ4n) is 4.96. The molecule has 2 amide bonds. The Bertz CT molecular complexity index is 1180. The van der Waals surface area contributed by atoms with Gasteiger partial charge in [0.15, 0.2) is 5.82 Å². The highest BCUT2D eigenvalue weighted by Crippen LogP contribution is 2.32. The van der Waals surface area contributed by atoms with Crippen LogP contribution in [0.25, 0.3) is 11.0 Å². The van der Waals surface area contributed by atoms with Gasteiger partial charge < -0.3 is 14.8 Å². The summed E-state index contributed by atoms with van der Waals surface area (Å²) >= 11 is 0. The molecule has 6 nitrogen and oxygen atoms in total. The van der Waals surface area contributed by atoms with E-state index in [1.165, 1.54) is 17.4 Å². The third-order valence-corrected chi connectivity index (χ3v) is 6.87. The van der Waals surface area contributed by atoms with Crippen LogP contribution in [0.1, 0.15) is 55.2 Å². The smallest absolute Gasteiger partial charge is 0.291 e. The predicted octanol–water partition coefficient (Wildman–Crippen LogP) is 4.04. The van der Waals surface area contributed by atoms with Gasteiger partial charge in [0.2, 0.25) is 5.91 Å². The van der Waals surface area contributed by atoms with Crippen LogP contribution in [0.15, 0.2) is 48.5 Å². The van der Waals surface area contributed by atoms with E-state index in [4.69, 9.17) is 0 Å². The maximum absolute atomic E-state index is 14.5. The summed E-state index contributed by atoms with van der Waals surface area (Å²) in [5.41, 5.74) is 0.728. The summed E-state index contributed by atoms with van der Waals surface area (Å²) in [4.78, 5) is 33.3. The number of carbonyl (C=O) groups is 2. The van der Waals surface area contributed by atoms with E-state index in [0.29, 0.717) is 11.1 Å². The van der Waals surface area contributed by atoms with Crippen molar-refractivity contribution in [3.8, 4) is 0 Å². The van der Waals surface area contributed by atoms with Crippen LogP contribution in [0.2, 0.25) is 0 Å². The van der Waals surface area contributed by atoms with E-state index >= 15 is 0 Å². The Balaban J connectivity index is 1.56. The Kier molecular flexibility index (Phi) is 5.19. The molecular formula is C25H27FN4O2. The summed E-state index contributed by atoms with van der Waals surface area (Å²) in [5, 5.41) is 3.19. The number of halogens is 1. The number of nitrogens with zero attached hydrogens (tertiary/aromatic N) is 3. The molecule has 1 aliphatic heterocycles. The molecule has 2 heterocycles. The molecule has 7 heteroatoms. The molecule has 1 N–H and O–H groups in total. The number of hydrogen-bond acceptors (Lipinski definition) is 3. The Morgan fingerprint density at radius 2 is 1.84 bits per heavy atom. The van der Waals surface area contributed by atoms with Crippen LogP contribution in [-0.4, -0.2) is 37.8 Å². The molecule has 1 fully saturated rings. The van der Waals surface area contributed by atoms with Gasteiger partial charge in [-0.05, 0) is 38.0 Å². The van der Waals surface area contributed by atoms with Gasteiger partial charge in [0.05, 0.1) is 24.1 Å². The molecule has 0 spiro atoms. The normalized spacial score (nSPS) is 21.6. The third-order valence-electron chi connectivity index (χ3n) is 6.87. The number of benzene rings is 2. The van der Waals surface area contributed by atoms with Crippen LogP contribution in [0, 0.1) is 5.82 Å². The second-order valence-corrected chi connectivity index (χ2v) is 9.08. The van der Waals surface area contributed by atoms with Crippen molar-refractivity contribution in [2.45, 2.75) is 63.7 Å². The number of imidazole rings is 1. The molecule has 1 atom stereocenters. The molecule has 0 saturated heterocycles. The van der Waals surface area contributed by atoms with Crippen molar-refractivity contribution >= 4 is 22.8 Å². The summed E-state index contributed by atoms with van der Waals surface area (Å²) < 4.78 is 16.3. The highest BCUT2D eigenvalue weighted by atomic mass is 19.1. The van der Waals surface area contributed by atoms with Crippen molar-refractivity contribution in [1.29, 1.82) is 0 Å². The van der Waals surface area contributed by atoms with E-state index in [1.807, 2.05) is 28.8 Å². The molecule has 2 aromatic carbocycles. The largest absolute Gasteiger partial charge is 0.351 e. The van der Waals surface area contributed by atoms with E-state index in [2.05, 4.69) is 10.3 Å². The van der Waals surface area contributed by atoms with E-state index < -0.39 is 11.4 Å². The summed E-state index contributed by atoms with van der Waals surface area (Å²) in [6.45, 7) is 2.05. The van der Waals surface area contributed by atoms with Gasteiger partial charge in [-0.3, -0.25) is 9.59 Å². The minimum Gasteiger partial charge on any atom is -0.351 e. The molecule has 3 aromatic rings. The quantitative estimate of drug-likeness (QED) is 0.674. The lowest BCUT2D eigenvalue weighted by molar-refractivity contribution is -0.134. The lowest BCUT2D eigenvalue weighted by Crippen LogP contribution is -2.64. The number of fused-ring (bicyclic) bond motifs is 3. The first-order chi connectivity index (χ1) is 15.5. The number of hydrogen-bond donors (Lipinski definition) is 1. The van der Waals surface area contributed by atoms with Crippen LogP contribution >= 0.6 is 0 Å². The van der Waals surface area contributed by atoms with Crippen LogP contribution in [0.3, 0.4) is 0 Å². The molecular weight excluding hydrogens is 407 g/mol. The summed E-state index contributed by atoms with van der Waals surface area (Å²) in [6.07, 6.45) is 5.27. The van der Waals surface area contributed by atoms with Crippen molar-refractivity contribution in [1.82, 2.24) is 19.8 Å². The SMILES string of the molecule is C[C@]1(C(=O)NC2CCCCC2)Cn2c(nc3ccccc32)C(=O)N1Cc1ccccc1F. The second kappa shape index (κ2) is 8.04. The Morgan fingerprint density at radius 1 is 1.12 bits per heavy atom. The van der Waals surface area contributed by atoms with E-state index in [1.54, 1.807) is 25.1 Å². The number of amides is 2. The van der Waals surface area contributed by atoms with Gasteiger partial charge in [0.25, 0.3) is 5.91 Å². The van der Waals surface area contributed by atoms with Crippen molar-refractivity contribution in [3.05, 3.63) is 65.7 Å². The Morgan fingerprint density at radius 3 is 2.62 bits per heavy atom. The Labute approximate surface area is 186 Å². The molecule has 32 heavy (non-hydrogen) atoms. The monoisotopic (exact) mass is 434 g/mol. The second-order valence-electron chi connectivity index (χ2n) is 9.08. The number of para-hydroxylation sites is 2. The number of nitrogens with one attached hydrogen (secondary N) is 1. The first-order valence-corrected chi connectivity index (χ1v) is 11.3. The van der Waals surface area contributed by atoms with Crippen LogP contribution in [0.4, 0.5) is 4.39 Å². The number of carbonyl (C=O) groups excluding carboxylic acids is 2. The fourth-order valence-corrected chi connectivity index (χ4v) is 4.96. The highest BCUT2D eigenvalue weighted by molar-refractivity contribution is 6.01. The van der Waals surface area contributed by atoms with E-state index in [-0.39, 0.29) is 36.8 Å². The molecule has 0 bridgehead atoms. The van der Waals surface area contributed by atoms with Crippen LogP contribution < -0.4 is 5.32 Å². The average molecular weight is 435 g/mol. The maximum Gasteiger partial charge on any atom is 0.291 e. The summed E-state index contributed by atoms with van der Waals surface area (Å²) in [6, 6.07) is 14.0. The predicted molar refractivity (Wildman–Crippen MR) is 119 cm³/mol. The van der Waals surface area contributed by atoms with E-state index in [0.717, 1.165) is 31.2 Å². The third kappa shape index (κ3) is 3.45. The minimum atomic E-state index is -1.17. The first kappa shape index (κ1) is 20.7. The molecule has 0 unspecified atom stereocenters. The van der Waals surface area contributed by atoms with Crippen molar-refractivity contribution < 1.29 is 14.0 Å². The lowest BCUT2D eigenvalue weighted by Gasteiger charge is -2.44. The van der Waals surface area contributed by atoms with Gasteiger partial charge >= 0.3 is 0 Å². The minimum absolute atomic E-state index is 0.00327. The van der Waals surface area contributed by atoms with Gasteiger partial charge in [-0.2, -0.15) is 0 Å². The van der Waals surface area contributed by atoms with Crippen LogP contribution in [-0.2, 0) is 17.9 Å².